The summed E-state index contributed by atoms with van der Waals surface area (Å²) in [6.07, 6.45) is -4.00. The van der Waals surface area contributed by atoms with E-state index >= 15 is 0 Å². The number of hydrogen-bond acceptors (Lipinski definition) is 6. The highest BCUT2D eigenvalue weighted by Crippen LogP contribution is 2.01. The number of carbonyl (C=O) groups excluding carboxylic acids is 1. The molecule has 0 aliphatic rings. The molecule has 0 fully saturated rings. The first-order valence-corrected chi connectivity index (χ1v) is 3.64. The van der Waals surface area contributed by atoms with Gasteiger partial charge in [0.05, 0.1) is 12.7 Å². The Balaban J connectivity index is 0. The molecule has 0 aromatic heterocycles. The topological polar surface area (TPSA) is 158 Å². The summed E-state index contributed by atoms with van der Waals surface area (Å²) >= 11 is 0. The second-order valence-electron chi connectivity index (χ2n) is 2.31. The lowest BCUT2D eigenvalue weighted by Gasteiger charge is -2.19. The summed E-state index contributed by atoms with van der Waals surface area (Å²) in [5.41, 5.74) is 12.2. The van der Waals surface area contributed by atoms with Gasteiger partial charge in [0, 0.05) is 6.42 Å². The van der Waals surface area contributed by atoms with Gasteiger partial charge in [-0.05, 0) is 10.4 Å². The van der Waals surface area contributed by atoms with Crippen LogP contribution in [0.2, 0.25) is 0 Å². The molecule has 0 saturated carbocycles. The zero-order valence-corrected chi connectivity index (χ0v) is 7.32. The van der Waals surface area contributed by atoms with Crippen molar-refractivity contribution in [3.05, 3.63) is 10.4 Å². The van der Waals surface area contributed by atoms with Gasteiger partial charge in [-0.1, -0.05) is 0 Å². The van der Waals surface area contributed by atoms with E-state index in [-0.39, 0.29) is 6.42 Å². The van der Waals surface area contributed by atoms with Crippen LogP contribution in [0.5, 0.6) is 0 Å². The standard InChI is InChI=1S/C6H12O5.HN3/c7-2-1-4(9)6(11)5(10)3-8;1-3-2/h2,4-6,8-11H,1,3H2;1H/t4-,5-,6+;/m1./s1. The van der Waals surface area contributed by atoms with Crippen LogP contribution in [0.4, 0.5) is 0 Å². The van der Waals surface area contributed by atoms with E-state index in [0.29, 0.717) is 6.29 Å². The van der Waals surface area contributed by atoms with E-state index in [0.717, 1.165) is 0 Å². The average molecular weight is 207 g/mol. The third-order valence-corrected chi connectivity index (χ3v) is 1.31. The van der Waals surface area contributed by atoms with Gasteiger partial charge in [0.15, 0.2) is 0 Å². The second-order valence-corrected chi connectivity index (χ2v) is 2.31. The predicted octanol–water partition coefficient (Wildman–Crippen LogP) is -1.47. The van der Waals surface area contributed by atoms with E-state index in [1.807, 2.05) is 0 Å². The highest BCUT2D eigenvalue weighted by Gasteiger charge is 2.23. The number of nitrogens with one attached hydrogen (secondary N) is 1. The summed E-state index contributed by atoms with van der Waals surface area (Å²) in [5, 5.41) is 34.8. The molecule has 0 aliphatic carbocycles. The number of aliphatic hydroxyl groups is 4. The van der Waals surface area contributed by atoms with E-state index in [9.17, 15) is 4.79 Å². The summed E-state index contributed by atoms with van der Waals surface area (Å²) < 4.78 is 0. The minimum absolute atomic E-state index is 0.252. The van der Waals surface area contributed by atoms with Crippen LogP contribution >= 0.6 is 0 Å². The molecule has 82 valence electrons. The first kappa shape index (κ1) is 15.3. The lowest BCUT2D eigenvalue weighted by molar-refractivity contribution is -0.115. The van der Waals surface area contributed by atoms with Crippen LogP contribution in [0.15, 0.2) is 0 Å². The van der Waals surface area contributed by atoms with E-state index < -0.39 is 24.9 Å². The van der Waals surface area contributed by atoms with Gasteiger partial charge in [0.25, 0.3) is 0 Å². The molecule has 0 rings (SSSR count). The molecule has 0 spiro atoms. The van der Waals surface area contributed by atoms with Gasteiger partial charge in [-0.25, -0.2) is 0 Å². The zero-order valence-electron chi connectivity index (χ0n) is 7.32. The van der Waals surface area contributed by atoms with Gasteiger partial charge in [0.1, 0.15) is 18.5 Å². The summed E-state index contributed by atoms with van der Waals surface area (Å²) in [4.78, 5) is 11.6. The van der Waals surface area contributed by atoms with Crippen molar-refractivity contribution in [3.8, 4) is 0 Å². The van der Waals surface area contributed by atoms with Crippen molar-refractivity contribution in [1.82, 2.24) is 0 Å². The lowest BCUT2D eigenvalue weighted by atomic mass is 10.1. The van der Waals surface area contributed by atoms with Gasteiger partial charge >= 0.3 is 0 Å². The second kappa shape index (κ2) is 9.90. The van der Waals surface area contributed by atoms with Crippen molar-refractivity contribution < 1.29 is 25.2 Å². The molecule has 0 radical (unpaired) electrons. The molecule has 0 unspecified atom stereocenters. The molecular formula is C6H13N3O5. The molecule has 0 heterocycles. The highest BCUT2D eigenvalue weighted by molar-refractivity contribution is 5.50. The van der Waals surface area contributed by atoms with Crippen molar-refractivity contribution >= 4 is 6.29 Å². The largest absolute Gasteiger partial charge is 0.394 e. The van der Waals surface area contributed by atoms with Crippen molar-refractivity contribution in [2.45, 2.75) is 24.7 Å². The fourth-order valence-corrected chi connectivity index (χ4v) is 0.602. The Morgan fingerprint density at radius 2 is 1.79 bits per heavy atom. The third-order valence-electron chi connectivity index (χ3n) is 1.31. The Bertz CT molecular complexity index is 182. The predicted molar refractivity (Wildman–Crippen MR) is 45.2 cm³/mol. The number of nitrogens with zero attached hydrogens (tertiary/aromatic N) is 2. The van der Waals surface area contributed by atoms with Crippen molar-refractivity contribution in [1.29, 1.82) is 5.53 Å². The fraction of sp³-hybridized carbons (Fsp3) is 0.833. The number of carbonyl (C=O) groups is 1. The molecule has 0 bridgehead atoms. The monoisotopic (exact) mass is 207 g/mol. The quantitative estimate of drug-likeness (QED) is 0.161. The summed E-state index contributed by atoms with van der Waals surface area (Å²) in [5.74, 6) is 0. The smallest absolute Gasteiger partial charge is 0.122 e. The molecule has 0 aliphatic heterocycles. The van der Waals surface area contributed by atoms with E-state index in [1.54, 1.807) is 4.91 Å². The number of rotatable bonds is 5. The Kier molecular flexibility index (Phi) is 10.8. The van der Waals surface area contributed by atoms with Crippen LogP contribution in [-0.2, 0) is 4.79 Å². The SMILES string of the molecule is O=CC[C@@H](O)[C@H](O)[C@H](O)CO.[N-]=[N+]=N. The van der Waals surface area contributed by atoms with Crippen LogP contribution in [0.1, 0.15) is 6.42 Å². The Labute approximate surface area is 79.8 Å². The van der Waals surface area contributed by atoms with E-state index in [1.165, 1.54) is 0 Å². The molecular weight excluding hydrogens is 194 g/mol. The van der Waals surface area contributed by atoms with Crippen LogP contribution in [0, 0.1) is 5.53 Å². The molecule has 0 amide bonds. The molecule has 8 heteroatoms. The normalized spacial score (nSPS) is 15.4. The summed E-state index contributed by atoms with van der Waals surface area (Å²) in [6.45, 7) is -0.642. The number of aliphatic hydroxyl groups excluding tert-OH is 4. The number of hydrogen-bond donors (Lipinski definition) is 5. The van der Waals surface area contributed by atoms with Crippen LogP contribution in [-0.4, -0.2) is 51.6 Å². The Morgan fingerprint density at radius 1 is 1.36 bits per heavy atom. The minimum atomic E-state index is -1.47. The van der Waals surface area contributed by atoms with Gasteiger partial charge in [-0.3, -0.25) is 0 Å². The van der Waals surface area contributed by atoms with Crippen LogP contribution in [0.25, 0.3) is 10.4 Å². The van der Waals surface area contributed by atoms with Crippen molar-refractivity contribution in [2.24, 2.45) is 0 Å². The molecule has 5 N–H and O–H groups in total. The molecule has 3 atom stereocenters. The van der Waals surface area contributed by atoms with Gasteiger partial charge in [0.2, 0.25) is 0 Å². The summed E-state index contributed by atoms with van der Waals surface area (Å²) in [6, 6.07) is 0. The average Bonchev–Trinajstić information content (AvgIpc) is 2.17. The molecule has 14 heavy (non-hydrogen) atoms. The number of aldehydes is 1. The molecule has 0 aromatic rings. The molecule has 0 aromatic carbocycles. The van der Waals surface area contributed by atoms with Crippen LogP contribution < -0.4 is 0 Å². The maximum absolute atomic E-state index is 9.82. The first-order chi connectivity index (χ1) is 6.54. The zero-order chi connectivity index (χ0) is 11.6. The highest BCUT2D eigenvalue weighted by atomic mass is 16.4. The molecule has 8 nitrogen and oxygen atoms in total. The fourth-order valence-electron chi connectivity index (χ4n) is 0.602. The van der Waals surface area contributed by atoms with Crippen LogP contribution in [0.3, 0.4) is 0 Å². The van der Waals surface area contributed by atoms with Crippen molar-refractivity contribution in [2.75, 3.05) is 6.61 Å². The maximum atomic E-state index is 9.82. The van der Waals surface area contributed by atoms with E-state index in [4.69, 9.17) is 31.5 Å². The minimum Gasteiger partial charge on any atom is -0.394 e. The maximum Gasteiger partial charge on any atom is 0.122 e. The van der Waals surface area contributed by atoms with Gasteiger partial charge in [-0.15, -0.1) is 5.53 Å². The van der Waals surface area contributed by atoms with Crippen molar-refractivity contribution in [3.63, 3.8) is 0 Å². The Morgan fingerprint density at radius 3 is 2.07 bits per heavy atom. The van der Waals surface area contributed by atoms with Gasteiger partial charge in [-0.2, -0.15) is 0 Å². The summed E-state index contributed by atoms with van der Waals surface area (Å²) in [7, 11) is 0. The van der Waals surface area contributed by atoms with E-state index in [2.05, 4.69) is 0 Å². The van der Waals surface area contributed by atoms with Gasteiger partial charge < -0.3 is 25.2 Å². The Hall–Kier alpha value is -1.18. The lowest BCUT2D eigenvalue weighted by Crippen LogP contribution is -2.39. The first-order valence-electron chi connectivity index (χ1n) is 3.64. The molecule has 0 saturated heterocycles. The third kappa shape index (κ3) is 7.47.